The number of carbonyl (C=O) groups excluding carboxylic acids is 1. The van der Waals surface area contributed by atoms with Gasteiger partial charge < -0.3 is 4.98 Å². The van der Waals surface area contributed by atoms with E-state index in [1.54, 1.807) is 17.9 Å². The van der Waals surface area contributed by atoms with Crippen LogP contribution >= 0.6 is 0 Å². The molecular weight excluding hydrogens is 269 g/mol. The highest BCUT2D eigenvalue weighted by atomic mass is 19.4. The van der Waals surface area contributed by atoms with Crippen molar-refractivity contribution < 1.29 is 18.0 Å². The quantitative estimate of drug-likeness (QED) is 0.868. The van der Waals surface area contributed by atoms with Crippen LogP contribution in [0.2, 0.25) is 0 Å². The topological polar surface area (TPSA) is 36.1 Å². The van der Waals surface area contributed by atoms with Gasteiger partial charge in [-0.1, -0.05) is 0 Å². The molecule has 0 bridgehead atoms. The van der Waals surface area contributed by atoms with E-state index in [-0.39, 0.29) is 25.3 Å². The molecule has 0 saturated carbocycles. The third-order valence-corrected chi connectivity index (χ3v) is 3.79. The molecule has 1 aromatic rings. The lowest BCUT2D eigenvalue weighted by atomic mass is 9.97. The maximum absolute atomic E-state index is 12.7. The number of nitrogens with one attached hydrogen (secondary N) is 1. The zero-order valence-corrected chi connectivity index (χ0v) is 11.7. The molecule has 1 aliphatic heterocycles. The van der Waals surface area contributed by atoms with Crippen LogP contribution in [0.5, 0.6) is 0 Å². The van der Waals surface area contributed by atoms with E-state index in [1.807, 2.05) is 6.92 Å². The van der Waals surface area contributed by atoms with Gasteiger partial charge in [-0.3, -0.25) is 9.69 Å². The number of piperidine rings is 1. The number of aromatic nitrogens is 1. The summed E-state index contributed by atoms with van der Waals surface area (Å²) in [4.78, 5) is 16.8. The number of likely N-dealkylation sites (tertiary alicyclic amines) is 1. The molecule has 1 aromatic heterocycles. The SMILES string of the molecule is Cc1cc(C(=O)CN2CCC[C@H](C(F)(F)F)C2)c(C)[nH]1. The molecule has 2 rings (SSSR count). The fourth-order valence-electron chi connectivity index (χ4n) is 2.77. The van der Waals surface area contributed by atoms with Crippen LogP contribution in [0.3, 0.4) is 0 Å². The maximum Gasteiger partial charge on any atom is 0.393 e. The van der Waals surface area contributed by atoms with Crippen LogP contribution in [0.15, 0.2) is 6.07 Å². The van der Waals surface area contributed by atoms with Gasteiger partial charge in [-0.05, 0) is 39.3 Å². The average Bonchev–Trinajstić information content (AvgIpc) is 2.68. The molecule has 2 heterocycles. The summed E-state index contributed by atoms with van der Waals surface area (Å²) in [6.07, 6.45) is -3.51. The fraction of sp³-hybridized carbons (Fsp3) is 0.643. The van der Waals surface area contributed by atoms with E-state index in [0.29, 0.717) is 18.5 Å². The summed E-state index contributed by atoms with van der Waals surface area (Å²) >= 11 is 0. The number of hydrogen-bond acceptors (Lipinski definition) is 2. The lowest BCUT2D eigenvalue weighted by Gasteiger charge is -2.33. The van der Waals surface area contributed by atoms with Crippen LogP contribution < -0.4 is 0 Å². The molecule has 3 nitrogen and oxygen atoms in total. The Kier molecular flexibility index (Phi) is 4.22. The number of Topliss-reactive ketones (excluding diaryl/α,β-unsaturated/α-hetero) is 1. The second-order valence-electron chi connectivity index (χ2n) is 5.53. The van der Waals surface area contributed by atoms with Gasteiger partial charge in [0, 0.05) is 23.5 Å². The van der Waals surface area contributed by atoms with Gasteiger partial charge in [0.15, 0.2) is 5.78 Å². The first-order valence-corrected chi connectivity index (χ1v) is 6.76. The van der Waals surface area contributed by atoms with Gasteiger partial charge in [-0.2, -0.15) is 13.2 Å². The molecule has 0 aromatic carbocycles. The highest BCUT2D eigenvalue weighted by Crippen LogP contribution is 2.33. The smallest absolute Gasteiger partial charge is 0.362 e. The highest BCUT2D eigenvalue weighted by Gasteiger charge is 2.41. The first-order valence-electron chi connectivity index (χ1n) is 6.76. The van der Waals surface area contributed by atoms with Crippen LogP contribution in [0.4, 0.5) is 13.2 Å². The van der Waals surface area contributed by atoms with Crippen molar-refractivity contribution in [1.29, 1.82) is 0 Å². The molecular formula is C14H19F3N2O. The maximum atomic E-state index is 12.7. The number of ketones is 1. The summed E-state index contributed by atoms with van der Waals surface area (Å²) < 4.78 is 38.2. The number of aryl methyl sites for hydroxylation is 2. The highest BCUT2D eigenvalue weighted by molar-refractivity contribution is 5.98. The molecule has 0 radical (unpaired) electrons. The minimum absolute atomic E-state index is 0.0602. The number of carbonyl (C=O) groups is 1. The minimum Gasteiger partial charge on any atom is -0.362 e. The number of H-pyrrole nitrogens is 1. The molecule has 0 unspecified atom stereocenters. The summed E-state index contributed by atoms with van der Waals surface area (Å²) in [6.45, 7) is 4.20. The van der Waals surface area contributed by atoms with Gasteiger partial charge in [-0.25, -0.2) is 0 Å². The molecule has 112 valence electrons. The first kappa shape index (κ1) is 15.1. The Labute approximate surface area is 116 Å². The Morgan fingerprint density at radius 1 is 1.45 bits per heavy atom. The van der Waals surface area contributed by atoms with E-state index < -0.39 is 12.1 Å². The average molecular weight is 288 g/mol. The van der Waals surface area contributed by atoms with E-state index >= 15 is 0 Å². The van der Waals surface area contributed by atoms with E-state index in [1.165, 1.54) is 0 Å². The van der Waals surface area contributed by atoms with Gasteiger partial charge in [-0.15, -0.1) is 0 Å². The monoisotopic (exact) mass is 288 g/mol. The molecule has 1 N–H and O–H groups in total. The van der Waals surface area contributed by atoms with Crippen molar-refractivity contribution in [3.63, 3.8) is 0 Å². The van der Waals surface area contributed by atoms with Crippen molar-refractivity contribution in [3.8, 4) is 0 Å². The number of nitrogens with zero attached hydrogens (tertiary/aromatic N) is 1. The molecule has 0 spiro atoms. The molecule has 20 heavy (non-hydrogen) atoms. The second kappa shape index (κ2) is 5.60. The fourth-order valence-corrected chi connectivity index (χ4v) is 2.77. The molecule has 0 aliphatic carbocycles. The second-order valence-corrected chi connectivity index (χ2v) is 5.53. The van der Waals surface area contributed by atoms with Crippen molar-refractivity contribution in [2.45, 2.75) is 32.9 Å². The summed E-state index contributed by atoms with van der Waals surface area (Å²) in [5.41, 5.74) is 2.24. The van der Waals surface area contributed by atoms with Crippen LogP contribution in [0.1, 0.15) is 34.6 Å². The van der Waals surface area contributed by atoms with Crippen molar-refractivity contribution in [2.24, 2.45) is 5.92 Å². The number of alkyl halides is 3. The molecule has 1 fully saturated rings. The summed E-state index contributed by atoms with van der Waals surface area (Å²) in [5.74, 6) is -1.42. The zero-order chi connectivity index (χ0) is 14.9. The predicted octanol–water partition coefficient (Wildman–Crippen LogP) is 3.09. The van der Waals surface area contributed by atoms with Crippen molar-refractivity contribution in [3.05, 3.63) is 23.0 Å². The predicted molar refractivity (Wildman–Crippen MR) is 69.8 cm³/mol. The molecule has 1 saturated heterocycles. The summed E-state index contributed by atoms with van der Waals surface area (Å²) in [6, 6.07) is 1.75. The van der Waals surface area contributed by atoms with E-state index in [4.69, 9.17) is 0 Å². The Morgan fingerprint density at radius 2 is 2.15 bits per heavy atom. The number of hydrogen-bond donors (Lipinski definition) is 1. The summed E-state index contributed by atoms with van der Waals surface area (Å²) in [7, 11) is 0. The number of halogens is 3. The lowest BCUT2D eigenvalue weighted by Crippen LogP contribution is -2.43. The Bertz CT molecular complexity index is 493. The molecule has 1 aliphatic rings. The Morgan fingerprint density at radius 3 is 2.70 bits per heavy atom. The Hall–Kier alpha value is -1.30. The standard InChI is InChI=1S/C14H19F3N2O/c1-9-6-12(10(2)18-9)13(20)8-19-5-3-4-11(7-19)14(15,16)17/h6,11,18H,3-5,7-8H2,1-2H3/t11-/m0/s1. The summed E-state index contributed by atoms with van der Waals surface area (Å²) in [5, 5.41) is 0. The third-order valence-electron chi connectivity index (χ3n) is 3.79. The lowest BCUT2D eigenvalue weighted by molar-refractivity contribution is -0.186. The minimum atomic E-state index is -4.16. The number of aromatic amines is 1. The van der Waals surface area contributed by atoms with E-state index in [2.05, 4.69) is 4.98 Å². The van der Waals surface area contributed by atoms with Gasteiger partial charge in [0.1, 0.15) is 0 Å². The molecule has 6 heteroatoms. The molecule has 1 atom stereocenters. The van der Waals surface area contributed by atoms with Gasteiger partial charge in [0.2, 0.25) is 0 Å². The van der Waals surface area contributed by atoms with Crippen LogP contribution in [-0.4, -0.2) is 41.5 Å². The van der Waals surface area contributed by atoms with Crippen molar-refractivity contribution >= 4 is 5.78 Å². The normalized spacial score (nSPS) is 21.1. The largest absolute Gasteiger partial charge is 0.393 e. The third kappa shape index (κ3) is 3.42. The van der Waals surface area contributed by atoms with Gasteiger partial charge in [0.05, 0.1) is 12.5 Å². The van der Waals surface area contributed by atoms with Crippen LogP contribution in [0, 0.1) is 19.8 Å². The van der Waals surface area contributed by atoms with Crippen LogP contribution in [0.25, 0.3) is 0 Å². The van der Waals surface area contributed by atoms with E-state index in [0.717, 1.165) is 11.4 Å². The van der Waals surface area contributed by atoms with Crippen molar-refractivity contribution in [1.82, 2.24) is 9.88 Å². The van der Waals surface area contributed by atoms with Gasteiger partial charge >= 0.3 is 6.18 Å². The first-order chi connectivity index (χ1) is 9.27. The number of rotatable bonds is 3. The van der Waals surface area contributed by atoms with E-state index in [9.17, 15) is 18.0 Å². The molecule has 0 amide bonds. The van der Waals surface area contributed by atoms with Gasteiger partial charge in [0.25, 0.3) is 0 Å². The zero-order valence-electron chi connectivity index (χ0n) is 11.7. The van der Waals surface area contributed by atoms with Crippen LogP contribution in [-0.2, 0) is 0 Å². The van der Waals surface area contributed by atoms with Crippen molar-refractivity contribution in [2.75, 3.05) is 19.6 Å². The Balaban J connectivity index is 1.99.